The summed E-state index contributed by atoms with van der Waals surface area (Å²) >= 11 is 7.29. The van der Waals surface area contributed by atoms with E-state index < -0.39 is 0 Å². The number of hydrogen-bond donors (Lipinski definition) is 1. The van der Waals surface area contributed by atoms with E-state index in [9.17, 15) is 9.18 Å². The summed E-state index contributed by atoms with van der Waals surface area (Å²) in [6, 6.07) is 13.3. The molecule has 0 spiro atoms. The fraction of sp³-hybridized carbons (Fsp3) is 0.0556. The van der Waals surface area contributed by atoms with Crippen molar-refractivity contribution >= 4 is 34.4 Å². The minimum absolute atomic E-state index is 0.253. The largest absolute Gasteiger partial charge is 0.301 e. The highest BCUT2D eigenvalue weighted by Crippen LogP contribution is 2.22. The van der Waals surface area contributed by atoms with Gasteiger partial charge in [-0.05, 0) is 42.0 Å². The molecule has 0 bridgehead atoms. The quantitative estimate of drug-likeness (QED) is 0.422. The minimum Gasteiger partial charge on any atom is -0.301 e. The first kappa shape index (κ1) is 16.8. The van der Waals surface area contributed by atoms with Gasteiger partial charge in [-0.1, -0.05) is 35.5 Å². The van der Waals surface area contributed by atoms with Gasteiger partial charge in [0, 0.05) is 10.8 Å². The van der Waals surface area contributed by atoms with E-state index in [0.717, 1.165) is 11.3 Å². The predicted molar refractivity (Wildman–Crippen MR) is 100 cm³/mol. The van der Waals surface area contributed by atoms with E-state index in [1.807, 2.05) is 12.1 Å². The van der Waals surface area contributed by atoms with E-state index in [1.165, 1.54) is 30.1 Å². The van der Waals surface area contributed by atoms with Crippen LogP contribution in [0.25, 0.3) is 16.7 Å². The van der Waals surface area contributed by atoms with Gasteiger partial charge in [-0.15, -0.1) is 0 Å². The van der Waals surface area contributed by atoms with Crippen LogP contribution in [-0.4, -0.2) is 19.7 Å². The Morgan fingerprint density at radius 3 is 2.58 bits per heavy atom. The van der Waals surface area contributed by atoms with Crippen molar-refractivity contribution in [1.29, 1.82) is 0 Å². The maximum Gasteiger partial charge on any atom is 0.262 e. The highest BCUT2D eigenvalue weighted by Gasteiger charge is 2.12. The zero-order valence-electron chi connectivity index (χ0n) is 13.3. The van der Waals surface area contributed by atoms with E-state index in [2.05, 4.69) is 15.1 Å². The molecule has 4 rings (SSSR count). The molecule has 2 aromatic carbocycles. The number of fused-ring (bicyclic) bond motifs is 1. The Labute approximate surface area is 156 Å². The van der Waals surface area contributed by atoms with Gasteiger partial charge in [-0.3, -0.25) is 4.79 Å². The van der Waals surface area contributed by atoms with Crippen LogP contribution in [0.3, 0.4) is 0 Å². The molecule has 1 N–H and O–H groups in total. The van der Waals surface area contributed by atoms with Crippen molar-refractivity contribution in [3.8, 4) is 5.69 Å². The van der Waals surface area contributed by atoms with Crippen LogP contribution in [0.4, 0.5) is 4.39 Å². The van der Waals surface area contributed by atoms with Gasteiger partial charge in [0.2, 0.25) is 0 Å². The summed E-state index contributed by atoms with van der Waals surface area (Å²) in [5, 5.41) is 5.77. The van der Waals surface area contributed by atoms with Gasteiger partial charge >= 0.3 is 0 Å². The van der Waals surface area contributed by atoms with E-state index in [1.54, 1.807) is 28.9 Å². The highest BCUT2D eigenvalue weighted by molar-refractivity contribution is 7.98. The van der Waals surface area contributed by atoms with Gasteiger partial charge in [0.15, 0.2) is 10.8 Å². The Morgan fingerprint density at radius 1 is 1.12 bits per heavy atom. The molecule has 4 aromatic rings. The number of H-pyrrole nitrogens is 1. The fourth-order valence-electron chi connectivity index (χ4n) is 2.47. The zero-order chi connectivity index (χ0) is 18.1. The van der Waals surface area contributed by atoms with Crippen LogP contribution in [0.1, 0.15) is 5.56 Å². The molecule has 0 unspecified atom stereocenters. The van der Waals surface area contributed by atoms with Crippen molar-refractivity contribution < 1.29 is 4.39 Å². The predicted octanol–water partition coefficient (Wildman–Crippen LogP) is 4.19. The maximum absolute atomic E-state index is 13.0. The number of halogens is 2. The zero-order valence-corrected chi connectivity index (χ0v) is 14.9. The molecular formula is C18H12ClFN4OS. The Hall–Kier alpha value is -2.64. The lowest BCUT2D eigenvalue weighted by molar-refractivity contribution is 0.627. The summed E-state index contributed by atoms with van der Waals surface area (Å²) in [4.78, 5) is 19.6. The lowest BCUT2D eigenvalue weighted by Crippen LogP contribution is -2.09. The molecule has 0 radical (unpaired) electrons. The second-order valence-electron chi connectivity index (χ2n) is 5.56. The lowest BCUT2D eigenvalue weighted by atomic mass is 10.2. The minimum atomic E-state index is -0.279. The first-order valence-electron chi connectivity index (χ1n) is 7.71. The van der Waals surface area contributed by atoms with Crippen molar-refractivity contribution in [1.82, 2.24) is 19.7 Å². The number of rotatable bonds is 4. The van der Waals surface area contributed by atoms with E-state index >= 15 is 0 Å². The Bertz CT molecular complexity index is 1120. The average Bonchev–Trinajstić information content (AvgIpc) is 3.06. The van der Waals surface area contributed by atoms with Crippen LogP contribution >= 0.6 is 23.4 Å². The van der Waals surface area contributed by atoms with Gasteiger partial charge in [-0.2, -0.15) is 5.10 Å². The van der Waals surface area contributed by atoms with Crippen molar-refractivity contribution in [2.75, 3.05) is 0 Å². The summed E-state index contributed by atoms with van der Waals surface area (Å²) in [6.45, 7) is 0. The Balaban J connectivity index is 1.68. The van der Waals surface area contributed by atoms with E-state index in [-0.39, 0.29) is 11.4 Å². The molecule has 0 amide bonds. The van der Waals surface area contributed by atoms with Crippen LogP contribution < -0.4 is 5.56 Å². The summed E-state index contributed by atoms with van der Waals surface area (Å²) in [7, 11) is 0. The second kappa shape index (κ2) is 6.93. The molecule has 8 heteroatoms. The van der Waals surface area contributed by atoms with Crippen molar-refractivity contribution in [3.63, 3.8) is 0 Å². The summed E-state index contributed by atoms with van der Waals surface area (Å²) in [5.41, 5.74) is 1.91. The molecular weight excluding hydrogens is 375 g/mol. The second-order valence-corrected chi connectivity index (χ2v) is 6.96. The summed E-state index contributed by atoms with van der Waals surface area (Å²) in [6.07, 6.45) is 1.49. The highest BCUT2D eigenvalue weighted by atomic mass is 35.5. The van der Waals surface area contributed by atoms with Gasteiger partial charge in [0.1, 0.15) is 11.2 Å². The fourth-order valence-corrected chi connectivity index (χ4v) is 3.41. The van der Waals surface area contributed by atoms with Crippen LogP contribution in [0, 0.1) is 5.82 Å². The van der Waals surface area contributed by atoms with Crippen molar-refractivity contribution in [3.05, 3.63) is 81.5 Å². The molecule has 0 fully saturated rings. The van der Waals surface area contributed by atoms with E-state index in [0.29, 0.717) is 27.0 Å². The summed E-state index contributed by atoms with van der Waals surface area (Å²) in [5.74, 6) is 0.280. The monoisotopic (exact) mass is 386 g/mol. The molecule has 0 saturated heterocycles. The number of thioether (sulfide) groups is 1. The Kier molecular flexibility index (Phi) is 4.48. The molecule has 0 aliphatic carbocycles. The molecule has 130 valence electrons. The number of aromatic nitrogens is 4. The third-order valence-corrected chi connectivity index (χ3v) is 4.97. The molecule has 26 heavy (non-hydrogen) atoms. The molecule has 0 saturated carbocycles. The van der Waals surface area contributed by atoms with Gasteiger partial charge < -0.3 is 4.98 Å². The first-order chi connectivity index (χ1) is 12.6. The number of hydrogen-bond acceptors (Lipinski definition) is 4. The van der Waals surface area contributed by atoms with Crippen LogP contribution in [0.15, 0.2) is 64.7 Å². The van der Waals surface area contributed by atoms with Crippen molar-refractivity contribution in [2.45, 2.75) is 10.9 Å². The SMILES string of the molecule is O=c1[nH]c(SCc2ccc(F)cc2)nc2c1cnn2-c1ccc(Cl)cc1. The smallest absolute Gasteiger partial charge is 0.262 e. The number of aromatic amines is 1. The topological polar surface area (TPSA) is 63.6 Å². The van der Waals surface area contributed by atoms with Gasteiger partial charge in [0.25, 0.3) is 5.56 Å². The molecule has 0 atom stereocenters. The molecule has 2 aromatic heterocycles. The molecule has 2 heterocycles. The number of nitrogens with zero attached hydrogens (tertiary/aromatic N) is 3. The maximum atomic E-state index is 13.0. The molecule has 0 aliphatic rings. The van der Waals surface area contributed by atoms with Crippen molar-refractivity contribution in [2.24, 2.45) is 0 Å². The average molecular weight is 387 g/mol. The standard InChI is InChI=1S/C18H12ClFN4OS/c19-12-3-7-14(8-4-12)24-16-15(9-21-24)17(25)23-18(22-16)26-10-11-1-5-13(20)6-2-11/h1-9H,10H2,(H,22,23,25). The van der Waals surface area contributed by atoms with Crippen LogP contribution in [-0.2, 0) is 5.75 Å². The Morgan fingerprint density at radius 2 is 1.85 bits per heavy atom. The molecule has 5 nitrogen and oxygen atoms in total. The summed E-state index contributed by atoms with van der Waals surface area (Å²) < 4.78 is 14.6. The normalized spacial score (nSPS) is 11.2. The number of benzene rings is 2. The lowest BCUT2D eigenvalue weighted by Gasteiger charge is -2.05. The van der Waals surface area contributed by atoms with Crippen LogP contribution in [0.2, 0.25) is 5.02 Å². The number of nitrogens with one attached hydrogen (secondary N) is 1. The van der Waals surface area contributed by atoms with Gasteiger partial charge in [0.05, 0.1) is 11.9 Å². The van der Waals surface area contributed by atoms with Gasteiger partial charge in [-0.25, -0.2) is 14.1 Å². The van der Waals surface area contributed by atoms with Crippen LogP contribution in [0.5, 0.6) is 0 Å². The molecule has 0 aliphatic heterocycles. The third kappa shape index (κ3) is 3.36. The first-order valence-corrected chi connectivity index (χ1v) is 9.08. The van der Waals surface area contributed by atoms with E-state index in [4.69, 9.17) is 11.6 Å². The third-order valence-electron chi connectivity index (χ3n) is 3.78.